The van der Waals surface area contributed by atoms with E-state index < -0.39 is 5.60 Å². The van der Waals surface area contributed by atoms with Crippen LogP contribution in [0.2, 0.25) is 0 Å². The number of carbonyl (C=O) groups excluding carboxylic acids is 1. The van der Waals surface area contributed by atoms with Crippen LogP contribution in [0.1, 0.15) is 18.5 Å². The van der Waals surface area contributed by atoms with Crippen LogP contribution in [0.3, 0.4) is 0 Å². The molecular weight excluding hydrogens is 346 g/mol. The third-order valence-electron chi connectivity index (χ3n) is 4.86. The molecule has 1 saturated heterocycles. The molecule has 1 aliphatic heterocycles. The average Bonchev–Trinajstić information content (AvgIpc) is 2.70. The van der Waals surface area contributed by atoms with Gasteiger partial charge in [-0.15, -0.1) is 0 Å². The summed E-state index contributed by atoms with van der Waals surface area (Å²) < 4.78 is 12.9. The molecule has 2 aromatic rings. The van der Waals surface area contributed by atoms with Crippen molar-refractivity contribution in [3.63, 3.8) is 0 Å². The molecule has 1 aromatic carbocycles. The predicted octanol–water partition coefficient (Wildman–Crippen LogP) is 1.64. The number of nitrogens with zero attached hydrogens (tertiary/aromatic N) is 3. The first-order valence-corrected chi connectivity index (χ1v) is 9.07. The highest BCUT2D eigenvalue weighted by atomic mass is 16.5. The Labute approximate surface area is 158 Å². The number of para-hydroxylation sites is 1. The van der Waals surface area contributed by atoms with Crippen molar-refractivity contribution < 1.29 is 14.3 Å². The summed E-state index contributed by atoms with van der Waals surface area (Å²) >= 11 is 0. The first kappa shape index (κ1) is 19.1. The summed E-state index contributed by atoms with van der Waals surface area (Å²) in [5.74, 6) is 0.629. The van der Waals surface area contributed by atoms with Crippen molar-refractivity contribution in [2.24, 2.45) is 0 Å². The summed E-state index contributed by atoms with van der Waals surface area (Å²) in [6, 6.07) is 12.6. The SMILES string of the molecule is COC1(COc2ccccc2)CCCN(C(=O)Cn2nc(C)ccc2=O)C1. The number of amides is 1. The van der Waals surface area contributed by atoms with E-state index in [1.807, 2.05) is 30.3 Å². The lowest BCUT2D eigenvalue weighted by Crippen LogP contribution is -2.55. The predicted molar refractivity (Wildman–Crippen MR) is 101 cm³/mol. The first-order chi connectivity index (χ1) is 13.0. The van der Waals surface area contributed by atoms with E-state index in [-0.39, 0.29) is 18.0 Å². The van der Waals surface area contributed by atoms with Crippen LogP contribution < -0.4 is 10.3 Å². The number of aromatic nitrogens is 2. The monoisotopic (exact) mass is 371 g/mol. The molecular formula is C20H25N3O4. The van der Waals surface area contributed by atoms with Crippen LogP contribution in [-0.4, -0.2) is 53.0 Å². The minimum Gasteiger partial charge on any atom is -0.491 e. The van der Waals surface area contributed by atoms with E-state index in [9.17, 15) is 9.59 Å². The van der Waals surface area contributed by atoms with Gasteiger partial charge in [0.05, 0.1) is 12.2 Å². The standard InChI is InChI=1S/C20H25N3O4/c1-16-9-10-18(24)23(21-16)13-19(25)22-12-6-11-20(14-22,26-2)15-27-17-7-4-3-5-8-17/h3-5,7-10H,6,11-15H2,1-2H3. The molecule has 0 radical (unpaired) electrons. The van der Waals surface area contributed by atoms with Crippen molar-refractivity contribution in [2.45, 2.75) is 31.9 Å². The van der Waals surface area contributed by atoms with Gasteiger partial charge in [0.2, 0.25) is 5.91 Å². The topological polar surface area (TPSA) is 73.7 Å². The lowest BCUT2D eigenvalue weighted by atomic mass is 9.93. The van der Waals surface area contributed by atoms with Gasteiger partial charge >= 0.3 is 0 Å². The minimum absolute atomic E-state index is 0.0696. The van der Waals surface area contributed by atoms with Crippen LogP contribution in [0.15, 0.2) is 47.3 Å². The molecule has 7 nitrogen and oxygen atoms in total. The van der Waals surface area contributed by atoms with Gasteiger partial charge < -0.3 is 14.4 Å². The molecule has 144 valence electrons. The highest BCUT2D eigenvalue weighted by Gasteiger charge is 2.38. The maximum Gasteiger partial charge on any atom is 0.267 e. The molecule has 0 aliphatic carbocycles. The van der Waals surface area contributed by atoms with Gasteiger partial charge in [0, 0.05) is 19.7 Å². The number of methoxy groups -OCH3 is 1. The van der Waals surface area contributed by atoms with E-state index in [1.165, 1.54) is 10.7 Å². The zero-order valence-electron chi connectivity index (χ0n) is 15.8. The Morgan fingerprint density at radius 1 is 1.22 bits per heavy atom. The molecule has 7 heteroatoms. The van der Waals surface area contributed by atoms with Crippen molar-refractivity contribution in [3.05, 3.63) is 58.5 Å². The normalized spacial score (nSPS) is 19.7. The number of ether oxygens (including phenoxy) is 2. The zero-order valence-corrected chi connectivity index (χ0v) is 15.8. The number of piperidine rings is 1. The molecule has 0 bridgehead atoms. The van der Waals surface area contributed by atoms with E-state index >= 15 is 0 Å². The molecule has 1 unspecified atom stereocenters. The summed E-state index contributed by atoms with van der Waals surface area (Å²) in [5.41, 5.74) is -0.144. The molecule has 0 spiro atoms. The van der Waals surface area contributed by atoms with Gasteiger partial charge in [-0.1, -0.05) is 18.2 Å². The molecule has 2 heterocycles. The van der Waals surface area contributed by atoms with Gasteiger partial charge in [-0.2, -0.15) is 5.10 Å². The fraction of sp³-hybridized carbons (Fsp3) is 0.450. The fourth-order valence-corrected chi connectivity index (χ4v) is 3.28. The molecule has 1 atom stereocenters. The third kappa shape index (κ3) is 4.74. The summed E-state index contributed by atoms with van der Waals surface area (Å²) in [6.07, 6.45) is 1.62. The Kier molecular flexibility index (Phi) is 5.91. The molecule has 27 heavy (non-hydrogen) atoms. The van der Waals surface area contributed by atoms with Gasteiger partial charge in [-0.25, -0.2) is 4.68 Å². The Morgan fingerprint density at radius 3 is 2.74 bits per heavy atom. The Balaban J connectivity index is 1.66. The maximum atomic E-state index is 12.7. The fourth-order valence-electron chi connectivity index (χ4n) is 3.28. The second-order valence-electron chi connectivity index (χ2n) is 6.88. The summed E-state index contributed by atoms with van der Waals surface area (Å²) in [5, 5.41) is 4.14. The van der Waals surface area contributed by atoms with Crippen LogP contribution >= 0.6 is 0 Å². The van der Waals surface area contributed by atoms with Gasteiger partial charge in [0.15, 0.2) is 0 Å². The Morgan fingerprint density at radius 2 is 2.00 bits per heavy atom. The van der Waals surface area contributed by atoms with E-state index in [4.69, 9.17) is 9.47 Å². The lowest BCUT2D eigenvalue weighted by molar-refractivity contribution is -0.144. The number of aryl methyl sites for hydroxylation is 1. The highest BCUT2D eigenvalue weighted by molar-refractivity contribution is 5.76. The van der Waals surface area contributed by atoms with Crippen LogP contribution in [0, 0.1) is 6.92 Å². The van der Waals surface area contributed by atoms with Crippen LogP contribution in [0.5, 0.6) is 5.75 Å². The van der Waals surface area contributed by atoms with Gasteiger partial charge in [0.1, 0.15) is 24.5 Å². The molecule has 1 aliphatic rings. The summed E-state index contributed by atoms with van der Waals surface area (Å²) in [4.78, 5) is 26.4. The Bertz CT molecular complexity index is 837. The number of hydrogen-bond donors (Lipinski definition) is 0. The molecule has 0 N–H and O–H groups in total. The molecule has 1 amide bonds. The van der Waals surface area contributed by atoms with Gasteiger partial charge in [-0.3, -0.25) is 9.59 Å². The second kappa shape index (κ2) is 8.35. The zero-order chi connectivity index (χ0) is 19.3. The van der Waals surface area contributed by atoms with Crippen LogP contribution in [0.25, 0.3) is 0 Å². The summed E-state index contributed by atoms with van der Waals surface area (Å²) in [6.45, 7) is 3.14. The van der Waals surface area contributed by atoms with Gasteiger partial charge in [-0.05, 0) is 38.0 Å². The highest BCUT2D eigenvalue weighted by Crippen LogP contribution is 2.26. The van der Waals surface area contributed by atoms with Crippen molar-refractivity contribution in [2.75, 3.05) is 26.8 Å². The molecule has 1 fully saturated rings. The van der Waals surface area contributed by atoms with Crippen molar-refractivity contribution in [1.29, 1.82) is 0 Å². The molecule has 1 aromatic heterocycles. The minimum atomic E-state index is -0.561. The second-order valence-corrected chi connectivity index (χ2v) is 6.88. The van der Waals surface area contributed by atoms with Crippen LogP contribution in [0.4, 0.5) is 0 Å². The van der Waals surface area contributed by atoms with E-state index in [2.05, 4.69) is 5.10 Å². The van der Waals surface area contributed by atoms with Crippen LogP contribution in [-0.2, 0) is 16.1 Å². The number of carbonyl (C=O) groups is 1. The lowest BCUT2D eigenvalue weighted by Gasteiger charge is -2.41. The molecule has 0 saturated carbocycles. The number of rotatable bonds is 6. The van der Waals surface area contributed by atoms with Gasteiger partial charge in [0.25, 0.3) is 5.56 Å². The number of benzene rings is 1. The molecule has 3 rings (SSSR count). The van der Waals surface area contributed by atoms with E-state index in [0.717, 1.165) is 18.6 Å². The van der Waals surface area contributed by atoms with E-state index in [0.29, 0.717) is 25.4 Å². The third-order valence-corrected chi connectivity index (χ3v) is 4.86. The quantitative estimate of drug-likeness (QED) is 0.772. The summed E-state index contributed by atoms with van der Waals surface area (Å²) in [7, 11) is 1.65. The Hall–Kier alpha value is -2.67. The first-order valence-electron chi connectivity index (χ1n) is 9.07. The maximum absolute atomic E-state index is 12.7. The number of likely N-dealkylation sites (tertiary alicyclic amines) is 1. The average molecular weight is 371 g/mol. The van der Waals surface area contributed by atoms with E-state index in [1.54, 1.807) is 25.0 Å². The smallest absolute Gasteiger partial charge is 0.267 e. The van der Waals surface area contributed by atoms with Crippen molar-refractivity contribution in [1.82, 2.24) is 14.7 Å². The van der Waals surface area contributed by atoms with Crippen molar-refractivity contribution >= 4 is 5.91 Å². The van der Waals surface area contributed by atoms with Crippen molar-refractivity contribution in [3.8, 4) is 5.75 Å². The largest absolute Gasteiger partial charge is 0.491 e. The number of hydrogen-bond acceptors (Lipinski definition) is 5.